The van der Waals surface area contributed by atoms with Gasteiger partial charge in [-0.15, -0.1) is 0 Å². The van der Waals surface area contributed by atoms with Gasteiger partial charge in [0.2, 0.25) is 0 Å². The van der Waals surface area contributed by atoms with E-state index in [2.05, 4.69) is 15.2 Å². The molecule has 3 aromatic rings. The van der Waals surface area contributed by atoms with E-state index in [1.807, 2.05) is 6.07 Å². The van der Waals surface area contributed by atoms with Gasteiger partial charge in [0.15, 0.2) is 0 Å². The van der Waals surface area contributed by atoms with E-state index < -0.39 is 11.7 Å². The Morgan fingerprint density at radius 3 is 2.59 bits per heavy atom. The average Bonchev–Trinajstić information content (AvgIpc) is 2.73. The molecule has 0 amide bonds. The number of nitrogens with one attached hydrogen (secondary N) is 1. The lowest BCUT2D eigenvalue weighted by molar-refractivity contribution is -0.138. The molecule has 1 fully saturated rings. The molecular weight excluding hydrogens is 385 g/mol. The summed E-state index contributed by atoms with van der Waals surface area (Å²) in [5.41, 5.74) is 0.217. The van der Waals surface area contributed by atoms with Crippen molar-refractivity contribution in [2.24, 2.45) is 0 Å². The molecule has 1 N–H and O–H groups in total. The molecule has 29 heavy (non-hydrogen) atoms. The molecule has 9 heteroatoms. The van der Waals surface area contributed by atoms with Crippen LogP contribution in [-0.4, -0.2) is 42.7 Å². The summed E-state index contributed by atoms with van der Waals surface area (Å²) in [5, 5.41) is 3.27. The molecule has 0 radical (unpaired) electrons. The van der Waals surface area contributed by atoms with Crippen LogP contribution in [0.5, 0.6) is 5.75 Å². The molecule has 1 aliphatic heterocycles. The molecule has 2 aromatic heterocycles. The summed E-state index contributed by atoms with van der Waals surface area (Å²) in [6.45, 7) is 3.37. The van der Waals surface area contributed by atoms with Crippen molar-refractivity contribution >= 4 is 11.3 Å². The number of benzene rings is 1. The number of alkyl halides is 3. The molecule has 1 saturated heterocycles. The number of anilines is 1. The van der Waals surface area contributed by atoms with Crippen LogP contribution in [0.1, 0.15) is 5.56 Å². The number of halogens is 3. The number of para-hydroxylation sites is 1. The van der Waals surface area contributed by atoms with Crippen molar-refractivity contribution in [1.82, 2.24) is 14.7 Å². The van der Waals surface area contributed by atoms with E-state index in [1.165, 1.54) is 29.7 Å². The van der Waals surface area contributed by atoms with Crippen LogP contribution in [0.15, 0.2) is 47.4 Å². The van der Waals surface area contributed by atoms with E-state index >= 15 is 0 Å². The highest BCUT2D eigenvalue weighted by Crippen LogP contribution is 2.41. The molecule has 1 aliphatic rings. The lowest BCUT2D eigenvalue weighted by Crippen LogP contribution is -2.43. The van der Waals surface area contributed by atoms with Crippen LogP contribution in [0, 0.1) is 0 Å². The van der Waals surface area contributed by atoms with Gasteiger partial charge < -0.3 is 15.0 Å². The number of hydrogen-bond donors (Lipinski definition) is 1. The van der Waals surface area contributed by atoms with Gasteiger partial charge in [0.1, 0.15) is 11.4 Å². The molecule has 4 rings (SSSR count). The van der Waals surface area contributed by atoms with Crippen LogP contribution >= 0.6 is 0 Å². The van der Waals surface area contributed by atoms with Crippen molar-refractivity contribution in [1.29, 1.82) is 0 Å². The summed E-state index contributed by atoms with van der Waals surface area (Å²) in [6.07, 6.45) is -2.87. The molecule has 0 aliphatic carbocycles. The van der Waals surface area contributed by atoms with Gasteiger partial charge in [0.05, 0.1) is 24.1 Å². The van der Waals surface area contributed by atoms with Gasteiger partial charge in [-0.2, -0.15) is 13.2 Å². The van der Waals surface area contributed by atoms with Crippen LogP contribution < -0.4 is 20.5 Å². The van der Waals surface area contributed by atoms with Crippen LogP contribution in [0.2, 0.25) is 0 Å². The molecule has 0 saturated carbocycles. The maximum absolute atomic E-state index is 13.3. The predicted molar refractivity (Wildman–Crippen MR) is 104 cm³/mol. The molecule has 0 bridgehead atoms. The summed E-state index contributed by atoms with van der Waals surface area (Å²) in [6, 6.07) is 8.46. The van der Waals surface area contributed by atoms with Gasteiger partial charge in [-0.25, -0.2) is 4.98 Å². The smallest absolute Gasteiger partial charge is 0.419 e. The third-order valence-corrected chi connectivity index (χ3v) is 4.93. The number of methoxy groups -OCH3 is 1. The lowest BCUT2D eigenvalue weighted by atomic mass is 10.1. The zero-order chi connectivity index (χ0) is 20.6. The molecule has 152 valence electrons. The van der Waals surface area contributed by atoms with Gasteiger partial charge in [-0.3, -0.25) is 9.20 Å². The summed E-state index contributed by atoms with van der Waals surface area (Å²) in [4.78, 5) is 19.3. The quantitative estimate of drug-likeness (QED) is 0.728. The monoisotopic (exact) mass is 404 g/mol. The topological polar surface area (TPSA) is 58.9 Å². The van der Waals surface area contributed by atoms with Crippen molar-refractivity contribution in [3.63, 3.8) is 0 Å². The van der Waals surface area contributed by atoms with Gasteiger partial charge in [-0.1, -0.05) is 6.07 Å². The van der Waals surface area contributed by atoms with Crippen LogP contribution in [0.3, 0.4) is 0 Å². The van der Waals surface area contributed by atoms with Crippen LogP contribution in [0.4, 0.5) is 18.9 Å². The van der Waals surface area contributed by atoms with E-state index in [-0.39, 0.29) is 22.6 Å². The number of rotatable bonds is 3. The highest BCUT2D eigenvalue weighted by molar-refractivity contribution is 5.71. The Morgan fingerprint density at radius 2 is 1.90 bits per heavy atom. The minimum absolute atomic E-state index is 0.119. The Bertz CT molecular complexity index is 1110. The average molecular weight is 404 g/mol. The Balaban J connectivity index is 1.81. The normalized spacial score (nSPS) is 15.0. The first-order valence-electron chi connectivity index (χ1n) is 9.12. The third kappa shape index (κ3) is 3.65. The summed E-state index contributed by atoms with van der Waals surface area (Å²) >= 11 is 0. The second kappa shape index (κ2) is 7.40. The second-order valence-electron chi connectivity index (χ2n) is 6.72. The number of fused-ring (bicyclic) bond motifs is 1. The molecular formula is C20H19F3N4O2. The van der Waals surface area contributed by atoms with Crippen LogP contribution in [0.25, 0.3) is 16.9 Å². The molecule has 6 nitrogen and oxygen atoms in total. The van der Waals surface area contributed by atoms with Gasteiger partial charge in [-0.05, 0) is 24.3 Å². The highest BCUT2D eigenvalue weighted by Gasteiger charge is 2.35. The third-order valence-electron chi connectivity index (χ3n) is 4.93. The number of hydrogen-bond acceptors (Lipinski definition) is 5. The number of ether oxygens (including phenoxy) is 1. The van der Waals surface area contributed by atoms with Crippen molar-refractivity contribution < 1.29 is 17.9 Å². The zero-order valence-electron chi connectivity index (χ0n) is 15.7. The van der Waals surface area contributed by atoms with Crippen molar-refractivity contribution in [2.45, 2.75) is 6.18 Å². The first-order valence-corrected chi connectivity index (χ1v) is 9.12. The summed E-state index contributed by atoms with van der Waals surface area (Å²) in [7, 11) is 1.17. The fourth-order valence-electron chi connectivity index (χ4n) is 3.52. The number of pyridine rings is 1. The fourth-order valence-corrected chi connectivity index (χ4v) is 3.52. The summed E-state index contributed by atoms with van der Waals surface area (Å²) < 4.78 is 46.4. The number of piperazine rings is 1. The maximum atomic E-state index is 13.3. The molecule has 0 atom stereocenters. The largest absolute Gasteiger partial charge is 0.495 e. The Labute approximate surface area is 164 Å². The number of nitrogens with zero attached hydrogens (tertiary/aromatic N) is 3. The lowest BCUT2D eigenvalue weighted by Gasteiger charge is -2.29. The summed E-state index contributed by atoms with van der Waals surface area (Å²) in [5.74, 6) is -0.353. The predicted octanol–water partition coefficient (Wildman–Crippen LogP) is 2.80. The maximum Gasteiger partial charge on any atom is 0.419 e. The Kier molecular flexibility index (Phi) is 4.91. The molecule has 3 heterocycles. The van der Waals surface area contributed by atoms with E-state index in [0.717, 1.165) is 37.9 Å². The minimum Gasteiger partial charge on any atom is -0.495 e. The Hall–Kier alpha value is -3.07. The standard InChI is InChI=1S/C20H19F3N4O2/c1-29-19-14(3-2-4-15(19)20(21,22)23)16-11-18(28)27-12-13(5-6-17(27)25-16)26-9-7-24-8-10-26/h2-6,11-12,24H,7-10H2,1H3. The Morgan fingerprint density at radius 1 is 1.14 bits per heavy atom. The molecule has 0 spiro atoms. The van der Waals surface area contributed by atoms with Crippen LogP contribution in [-0.2, 0) is 6.18 Å². The van der Waals surface area contributed by atoms with Crippen molar-refractivity contribution in [2.75, 3.05) is 38.2 Å². The van der Waals surface area contributed by atoms with Gasteiger partial charge in [0, 0.05) is 44.0 Å². The van der Waals surface area contributed by atoms with Crippen molar-refractivity contribution in [3.05, 3.63) is 58.5 Å². The SMILES string of the molecule is COc1c(-c2cc(=O)n3cc(N4CCNCC4)ccc3n2)cccc1C(F)(F)F. The fraction of sp³-hybridized carbons (Fsp3) is 0.300. The molecule has 1 aromatic carbocycles. The van der Waals surface area contributed by atoms with E-state index in [4.69, 9.17) is 4.74 Å². The first kappa shape index (κ1) is 19.3. The van der Waals surface area contributed by atoms with E-state index in [9.17, 15) is 18.0 Å². The molecule has 0 unspecified atom stereocenters. The van der Waals surface area contributed by atoms with Gasteiger partial charge in [0.25, 0.3) is 5.56 Å². The van der Waals surface area contributed by atoms with E-state index in [0.29, 0.717) is 5.65 Å². The minimum atomic E-state index is -4.58. The first-order chi connectivity index (χ1) is 13.9. The van der Waals surface area contributed by atoms with Gasteiger partial charge >= 0.3 is 6.18 Å². The zero-order valence-corrected chi connectivity index (χ0v) is 15.7. The number of aromatic nitrogens is 2. The van der Waals surface area contributed by atoms with Crippen molar-refractivity contribution in [3.8, 4) is 17.0 Å². The van der Waals surface area contributed by atoms with E-state index in [1.54, 1.807) is 12.3 Å². The second-order valence-corrected chi connectivity index (χ2v) is 6.72. The highest BCUT2D eigenvalue weighted by atomic mass is 19.4.